The average molecular weight is 342 g/mol. The number of pyridine rings is 1. The summed E-state index contributed by atoms with van der Waals surface area (Å²) >= 11 is 0. The first-order chi connectivity index (χ1) is 12.1. The van der Waals surface area contributed by atoms with Crippen LogP contribution in [0.15, 0.2) is 30.5 Å². The molecule has 0 aliphatic heterocycles. The molecule has 0 bridgehead atoms. The maximum absolute atomic E-state index is 13.8. The summed E-state index contributed by atoms with van der Waals surface area (Å²) in [6.45, 7) is 6.67. The van der Waals surface area contributed by atoms with Crippen LogP contribution in [0.2, 0.25) is 0 Å². The van der Waals surface area contributed by atoms with Crippen molar-refractivity contribution in [1.82, 2.24) is 20.1 Å². The van der Waals surface area contributed by atoms with Gasteiger partial charge in [0.1, 0.15) is 5.82 Å². The van der Waals surface area contributed by atoms with E-state index in [0.717, 1.165) is 34.4 Å². The molecule has 0 amide bonds. The van der Waals surface area contributed by atoms with Gasteiger partial charge in [-0.05, 0) is 37.6 Å². The summed E-state index contributed by atoms with van der Waals surface area (Å²) in [5, 5.41) is 8.78. The van der Waals surface area contributed by atoms with Crippen molar-refractivity contribution in [3.63, 3.8) is 0 Å². The van der Waals surface area contributed by atoms with E-state index >= 15 is 0 Å². The van der Waals surface area contributed by atoms with Gasteiger partial charge in [0.25, 0.3) is 0 Å². The number of nitrogens with one attached hydrogen (secondary N) is 1. The van der Waals surface area contributed by atoms with Gasteiger partial charge in [-0.15, -0.1) is 0 Å². The molecule has 2 aromatic heterocycles. The van der Waals surface area contributed by atoms with E-state index in [9.17, 15) is 4.39 Å². The van der Waals surface area contributed by atoms with Crippen molar-refractivity contribution in [1.29, 1.82) is 0 Å². The normalized spacial score (nSPS) is 11.4. The highest BCUT2D eigenvalue weighted by atomic mass is 19.1. The number of fused-ring (bicyclic) bond motifs is 1. The van der Waals surface area contributed by atoms with Crippen LogP contribution >= 0.6 is 0 Å². The maximum atomic E-state index is 13.8. The third-order valence-electron chi connectivity index (χ3n) is 4.40. The minimum atomic E-state index is -0.239. The molecule has 3 rings (SSSR count). The standard InChI is InChI=1S/C19H23FN4O/c1-13-18(14(2)24(23-13)7-8-25-3)12-21-11-16-10-17(20)9-15-5-4-6-22-19(15)16/h4-6,9-10,21H,7-8,11-12H2,1-3H3. The molecule has 6 heteroatoms. The molecule has 0 radical (unpaired) electrons. The summed E-state index contributed by atoms with van der Waals surface area (Å²) in [6, 6.07) is 6.76. The molecule has 0 saturated carbocycles. The highest BCUT2D eigenvalue weighted by Gasteiger charge is 2.11. The first kappa shape index (κ1) is 17.5. The molecule has 0 fully saturated rings. The number of methoxy groups -OCH3 is 1. The highest BCUT2D eigenvalue weighted by molar-refractivity contribution is 5.81. The Morgan fingerprint density at radius 2 is 2.08 bits per heavy atom. The highest BCUT2D eigenvalue weighted by Crippen LogP contribution is 2.19. The molecule has 0 atom stereocenters. The van der Waals surface area contributed by atoms with E-state index in [1.165, 1.54) is 11.6 Å². The van der Waals surface area contributed by atoms with E-state index in [-0.39, 0.29) is 5.82 Å². The van der Waals surface area contributed by atoms with Gasteiger partial charge in [0.15, 0.2) is 0 Å². The Hall–Kier alpha value is -2.31. The first-order valence-electron chi connectivity index (χ1n) is 8.36. The fourth-order valence-electron chi connectivity index (χ4n) is 3.07. The average Bonchev–Trinajstić information content (AvgIpc) is 2.87. The molecular formula is C19H23FN4O. The zero-order valence-corrected chi connectivity index (χ0v) is 14.8. The molecule has 132 valence electrons. The molecule has 1 N–H and O–H groups in total. The van der Waals surface area contributed by atoms with Gasteiger partial charge in [0.05, 0.1) is 24.4 Å². The lowest BCUT2D eigenvalue weighted by atomic mass is 10.1. The minimum absolute atomic E-state index is 0.239. The molecule has 0 spiro atoms. The largest absolute Gasteiger partial charge is 0.383 e. The third-order valence-corrected chi connectivity index (χ3v) is 4.40. The summed E-state index contributed by atoms with van der Waals surface area (Å²) in [7, 11) is 1.69. The van der Waals surface area contributed by atoms with Gasteiger partial charge in [0, 0.05) is 43.0 Å². The summed E-state index contributed by atoms with van der Waals surface area (Å²) in [5.41, 5.74) is 5.00. The molecule has 5 nitrogen and oxygen atoms in total. The van der Waals surface area contributed by atoms with Gasteiger partial charge in [0.2, 0.25) is 0 Å². The van der Waals surface area contributed by atoms with Crippen LogP contribution in [-0.2, 0) is 24.4 Å². The lowest BCUT2D eigenvalue weighted by molar-refractivity contribution is 0.182. The van der Waals surface area contributed by atoms with Crippen molar-refractivity contribution < 1.29 is 9.13 Å². The van der Waals surface area contributed by atoms with Crippen molar-refractivity contribution in [3.05, 3.63) is 58.8 Å². The van der Waals surface area contributed by atoms with E-state index in [2.05, 4.69) is 22.3 Å². The Balaban J connectivity index is 1.73. The van der Waals surface area contributed by atoms with E-state index in [1.807, 2.05) is 23.7 Å². The van der Waals surface area contributed by atoms with Crippen molar-refractivity contribution in [2.24, 2.45) is 0 Å². The third kappa shape index (κ3) is 3.86. The van der Waals surface area contributed by atoms with Gasteiger partial charge in [-0.2, -0.15) is 5.10 Å². The van der Waals surface area contributed by atoms with Crippen LogP contribution in [-0.4, -0.2) is 28.5 Å². The molecule has 0 unspecified atom stereocenters. The van der Waals surface area contributed by atoms with Crippen molar-refractivity contribution in [2.45, 2.75) is 33.5 Å². The second-order valence-electron chi connectivity index (χ2n) is 6.11. The monoisotopic (exact) mass is 342 g/mol. The lowest BCUT2D eigenvalue weighted by Gasteiger charge is -2.09. The molecule has 0 aliphatic carbocycles. The number of nitrogens with zero attached hydrogens (tertiary/aromatic N) is 3. The number of halogens is 1. The lowest BCUT2D eigenvalue weighted by Crippen LogP contribution is -2.15. The second-order valence-corrected chi connectivity index (χ2v) is 6.11. The second kappa shape index (κ2) is 7.72. The molecule has 25 heavy (non-hydrogen) atoms. The number of rotatable bonds is 7. The fraction of sp³-hybridized carbons (Fsp3) is 0.368. The van der Waals surface area contributed by atoms with Gasteiger partial charge in [-0.25, -0.2) is 4.39 Å². The summed E-state index contributed by atoms with van der Waals surface area (Å²) < 4.78 is 20.9. The summed E-state index contributed by atoms with van der Waals surface area (Å²) in [5.74, 6) is -0.239. The number of aromatic nitrogens is 3. The van der Waals surface area contributed by atoms with Gasteiger partial charge in [-0.1, -0.05) is 6.07 Å². The zero-order valence-electron chi connectivity index (χ0n) is 14.8. The van der Waals surface area contributed by atoms with E-state index < -0.39 is 0 Å². The number of ether oxygens (including phenoxy) is 1. The Labute approximate surface area is 146 Å². The van der Waals surface area contributed by atoms with Crippen LogP contribution in [0.25, 0.3) is 10.9 Å². The van der Waals surface area contributed by atoms with Gasteiger partial charge < -0.3 is 10.1 Å². The Morgan fingerprint density at radius 1 is 1.24 bits per heavy atom. The molecule has 0 aliphatic rings. The molecule has 3 aromatic rings. The van der Waals surface area contributed by atoms with E-state index in [4.69, 9.17) is 4.74 Å². The number of benzene rings is 1. The van der Waals surface area contributed by atoms with Crippen LogP contribution < -0.4 is 5.32 Å². The van der Waals surface area contributed by atoms with Gasteiger partial charge in [-0.3, -0.25) is 9.67 Å². The summed E-state index contributed by atoms with van der Waals surface area (Å²) in [6.07, 6.45) is 1.73. The Bertz CT molecular complexity index is 875. The first-order valence-corrected chi connectivity index (χ1v) is 8.36. The topological polar surface area (TPSA) is 52.0 Å². The number of hydrogen-bond acceptors (Lipinski definition) is 4. The predicted octanol–water partition coefficient (Wildman–Crippen LogP) is 3.12. The number of hydrogen-bond donors (Lipinski definition) is 1. The quantitative estimate of drug-likeness (QED) is 0.717. The molecular weight excluding hydrogens is 319 g/mol. The van der Waals surface area contributed by atoms with E-state index in [1.54, 1.807) is 19.4 Å². The van der Waals surface area contributed by atoms with Gasteiger partial charge >= 0.3 is 0 Å². The number of aryl methyl sites for hydroxylation is 1. The van der Waals surface area contributed by atoms with Crippen molar-refractivity contribution >= 4 is 10.9 Å². The molecule has 0 saturated heterocycles. The Morgan fingerprint density at radius 3 is 2.88 bits per heavy atom. The van der Waals surface area contributed by atoms with Crippen LogP contribution in [0.3, 0.4) is 0 Å². The summed E-state index contributed by atoms with van der Waals surface area (Å²) in [4.78, 5) is 4.38. The molecule has 1 aromatic carbocycles. The maximum Gasteiger partial charge on any atom is 0.124 e. The van der Waals surface area contributed by atoms with Crippen LogP contribution in [0.4, 0.5) is 4.39 Å². The van der Waals surface area contributed by atoms with Crippen LogP contribution in [0.1, 0.15) is 22.5 Å². The smallest absolute Gasteiger partial charge is 0.124 e. The van der Waals surface area contributed by atoms with Crippen molar-refractivity contribution in [3.8, 4) is 0 Å². The minimum Gasteiger partial charge on any atom is -0.383 e. The predicted molar refractivity (Wildman–Crippen MR) is 95.8 cm³/mol. The molecule has 2 heterocycles. The van der Waals surface area contributed by atoms with Crippen molar-refractivity contribution in [2.75, 3.05) is 13.7 Å². The Kier molecular flexibility index (Phi) is 5.40. The van der Waals surface area contributed by atoms with Crippen LogP contribution in [0, 0.1) is 19.7 Å². The fourth-order valence-corrected chi connectivity index (χ4v) is 3.07. The van der Waals surface area contributed by atoms with E-state index in [0.29, 0.717) is 19.7 Å². The SMILES string of the molecule is COCCn1nc(C)c(CNCc2cc(F)cc3cccnc23)c1C. The van der Waals surface area contributed by atoms with Crippen LogP contribution in [0.5, 0.6) is 0 Å². The zero-order chi connectivity index (χ0) is 17.8.